The molecular formula is C30H39N5O7. The van der Waals surface area contributed by atoms with Crippen molar-refractivity contribution < 1.29 is 33.8 Å². The van der Waals surface area contributed by atoms with Gasteiger partial charge in [-0.25, -0.2) is 0 Å². The molecule has 0 aromatic heterocycles. The smallest absolute Gasteiger partial charge is 0.255 e. The van der Waals surface area contributed by atoms with Crippen LogP contribution in [0.4, 0.5) is 0 Å². The maximum Gasteiger partial charge on any atom is 0.255 e. The summed E-state index contributed by atoms with van der Waals surface area (Å²) in [6, 6.07) is 13.0. The summed E-state index contributed by atoms with van der Waals surface area (Å²) >= 11 is 0. The number of rotatable bonds is 7. The van der Waals surface area contributed by atoms with Crippen LogP contribution in [0.2, 0.25) is 0 Å². The van der Waals surface area contributed by atoms with Crippen LogP contribution in [-0.2, 0) is 25.5 Å². The standard InChI is InChI=1S/C30H39N5O7/c1-20(36)27-30(40)32-22(17-21-7-3-2-4-8-21)19-42-25-10-6-5-9-23(25)28(38)33-24(18-26(37)34-27)29(39)31-11-12-35-13-15-41-16-14-35/h2-10,20,22,24,27,36H,11-19H2,1H3,(H,31,39)(H,32,40)(H,33,38)(H,34,37)/t20-,22-,24+,27+/m1/s1. The Balaban J connectivity index is 1.55. The number of nitrogens with one attached hydrogen (secondary N) is 4. The molecule has 4 rings (SSSR count). The number of benzene rings is 2. The number of ether oxygens (including phenoxy) is 2. The second kappa shape index (κ2) is 15.3. The molecule has 42 heavy (non-hydrogen) atoms. The highest BCUT2D eigenvalue weighted by molar-refractivity contribution is 6.01. The van der Waals surface area contributed by atoms with E-state index in [1.54, 1.807) is 24.3 Å². The topological polar surface area (TPSA) is 158 Å². The van der Waals surface area contributed by atoms with E-state index < -0.39 is 54.3 Å². The van der Waals surface area contributed by atoms with E-state index in [0.717, 1.165) is 18.7 Å². The van der Waals surface area contributed by atoms with Gasteiger partial charge in [0.05, 0.1) is 37.3 Å². The fourth-order valence-electron chi connectivity index (χ4n) is 4.87. The molecule has 0 bridgehead atoms. The van der Waals surface area contributed by atoms with Gasteiger partial charge in [-0.15, -0.1) is 0 Å². The van der Waals surface area contributed by atoms with Crippen LogP contribution in [0.5, 0.6) is 5.75 Å². The Kier molecular flexibility index (Phi) is 11.3. The number of carbonyl (C=O) groups excluding carboxylic acids is 4. The molecule has 5 N–H and O–H groups in total. The molecule has 0 radical (unpaired) electrons. The minimum atomic E-state index is -1.29. The molecule has 2 aliphatic heterocycles. The van der Waals surface area contributed by atoms with Crippen LogP contribution in [0, 0.1) is 0 Å². The first-order chi connectivity index (χ1) is 20.3. The van der Waals surface area contributed by atoms with Gasteiger partial charge in [0, 0.05) is 26.2 Å². The Hall–Kier alpha value is -4.00. The van der Waals surface area contributed by atoms with Crippen molar-refractivity contribution in [3.63, 3.8) is 0 Å². The lowest BCUT2D eigenvalue weighted by atomic mass is 10.0. The van der Waals surface area contributed by atoms with Crippen LogP contribution in [0.1, 0.15) is 29.3 Å². The Labute approximate surface area is 245 Å². The first-order valence-electron chi connectivity index (χ1n) is 14.2. The predicted octanol–water partition coefficient (Wildman–Crippen LogP) is -0.391. The zero-order valence-electron chi connectivity index (χ0n) is 23.7. The lowest BCUT2D eigenvalue weighted by molar-refractivity contribution is -0.133. The molecule has 226 valence electrons. The van der Waals surface area contributed by atoms with Crippen molar-refractivity contribution in [2.24, 2.45) is 0 Å². The van der Waals surface area contributed by atoms with Gasteiger partial charge >= 0.3 is 0 Å². The minimum Gasteiger partial charge on any atom is -0.491 e. The molecule has 2 heterocycles. The highest BCUT2D eigenvalue weighted by Gasteiger charge is 2.32. The summed E-state index contributed by atoms with van der Waals surface area (Å²) in [6.45, 7) is 5.06. The summed E-state index contributed by atoms with van der Waals surface area (Å²) in [4.78, 5) is 55.1. The van der Waals surface area contributed by atoms with Gasteiger partial charge in [-0.05, 0) is 31.0 Å². The van der Waals surface area contributed by atoms with E-state index in [1.165, 1.54) is 6.92 Å². The number of para-hydroxylation sites is 1. The van der Waals surface area contributed by atoms with Gasteiger partial charge in [0.1, 0.15) is 24.4 Å². The van der Waals surface area contributed by atoms with Crippen molar-refractivity contribution in [2.75, 3.05) is 46.0 Å². The quantitative estimate of drug-likeness (QED) is 0.296. The second-order valence-corrected chi connectivity index (χ2v) is 10.5. The summed E-state index contributed by atoms with van der Waals surface area (Å²) < 4.78 is 11.4. The van der Waals surface area contributed by atoms with Crippen molar-refractivity contribution in [1.29, 1.82) is 0 Å². The highest BCUT2D eigenvalue weighted by atomic mass is 16.5. The molecule has 12 nitrogen and oxygen atoms in total. The summed E-state index contributed by atoms with van der Waals surface area (Å²) in [5, 5.41) is 21.2. The molecule has 4 amide bonds. The summed E-state index contributed by atoms with van der Waals surface area (Å²) in [7, 11) is 0. The highest BCUT2D eigenvalue weighted by Crippen LogP contribution is 2.19. The number of aliphatic hydroxyl groups excluding tert-OH is 1. The van der Waals surface area contributed by atoms with Crippen molar-refractivity contribution in [3.05, 3.63) is 65.7 Å². The maximum absolute atomic E-state index is 13.4. The molecule has 1 fully saturated rings. The van der Waals surface area contributed by atoms with E-state index in [2.05, 4.69) is 26.2 Å². The second-order valence-electron chi connectivity index (χ2n) is 10.5. The first kappa shape index (κ1) is 30.9. The third-order valence-corrected chi connectivity index (χ3v) is 7.17. The normalized spacial score (nSPS) is 23.2. The van der Waals surface area contributed by atoms with Gasteiger partial charge in [-0.1, -0.05) is 42.5 Å². The number of hydrogen-bond donors (Lipinski definition) is 5. The molecule has 2 aromatic carbocycles. The fourth-order valence-corrected chi connectivity index (χ4v) is 4.87. The van der Waals surface area contributed by atoms with E-state index in [9.17, 15) is 24.3 Å². The van der Waals surface area contributed by atoms with Gasteiger partial charge in [-0.2, -0.15) is 0 Å². The average molecular weight is 582 g/mol. The van der Waals surface area contributed by atoms with E-state index in [0.29, 0.717) is 32.7 Å². The SMILES string of the molecule is C[C@@H](O)[C@@H]1NC(=O)C[C@@H](C(=O)NCCN2CCOCC2)NC(=O)c2ccccc2OC[C@@H](Cc2ccccc2)NC1=O. The molecule has 0 saturated carbocycles. The van der Waals surface area contributed by atoms with Gasteiger partial charge in [-0.3, -0.25) is 24.1 Å². The lowest BCUT2D eigenvalue weighted by Gasteiger charge is -2.28. The first-order valence-corrected chi connectivity index (χ1v) is 14.2. The molecule has 0 unspecified atom stereocenters. The van der Waals surface area contributed by atoms with E-state index in [4.69, 9.17) is 9.47 Å². The Bertz CT molecular complexity index is 1220. The number of amides is 4. The van der Waals surface area contributed by atoms with E-state index >= 15 is 0 Å². The fraction of sp³-hybridized carbons (Fsp3) is 0.467. The molecule has 4 atom stereocenters. The third-order valence-electron chi connectivity index (χ3n) is 7.17. The molecule has 12 heteroatoms. The molecule has 0 aliphatic carbocycles. The monoisotopic (exact) mass is 581 g/mol. The summed E-state index contributed by atoms with van der Waals surface area (Å²) in [5.41, 5.74) is 1.13. The number of carbonyl (C=O) groups is 4. The minimum absolute atomic E-state index is 0.0108. The molecule has 1 saturated heterocycles. The molecule has 2 aromatic rings. The van der Waals surface area contributed by atoms with Gasteiger partial charge < -0.3 is 35.8 Å². The van der Waals surface area contributed by atoms with Crippen molar-refractivity contribution in [2.45, 2.75) is 44.0 Å². The Morgan fingerprint density at radius 1 is 1.02 bits per heavy atom. The van der Waals surface area contributed by atoms with E-state index in [1.807, 2.05) is 30.3 Å². The maximum atomic E-state index is 13.4. The predicted molar refractivity (Wildman–Crippen MR) is 154 cm³/mol. The van der Waals surface area contributed by atoms with Gasteiger partial charge in [0.25, 0.3) is 5.91 Å². The number of hydrogen-bond acceptors (Lipinski definition) is 8. The largest absolute Gasteiger partial charge is 0.491 e. The average Bonchev–Trinajstić information content (AvgIpc) is 2.98. The molecule has 2 aliphatic rings. The van der Waals surface area contributed by atoms with Crippen LogP contribution in [0.25, 0.3) is 0 Å². The molecular weight excluding hydrogens is 542 g/mol. The third kappa shape index (κ3) is 9.00. The van der Waals surface area contributed by atoms with Gasteiger partial charge in [0.2, 0.25) is 17.7 Å². The van der Waals surface area contributed by atoms with E-state index in [-0.39, 0.29) is 17.9 Å². The van der Waals surface area contributed by atoms with Crippen LogP contribution in [-0.4, -0.2) is 104 Å². The Morgan fingerprint density at radius 2 is 1.74 bits per heavy atom. The van der Waals surface area contributed by atoms with Crippen LogP contribution >= 0.6 is 0 Å². The summed E-state index contributed by atoms with van der Waals surface area (Å²) in [6.07, 6.45) is -1.26. The number of nitrogens with zero attached hydrogens (tertiary/aromatic N) is 1. The van der Waals surface area contributed by atoms with Crippen LogP contribution in [0.15, 0.2) is 54.6 Å². The number of morpholine rings is 1. The lowest BCUT2D eigenvalue weighted by Crippen LogP contribution is -2.57. The summed E-state index contributed by atoms with van der Waals surface area (Å²) in [5.74, 6) is -2.13. The Morgan fingerprint density at radius 3 is 2.48 bits per heavy atom. The van der Waals surface area contributed by atoms with Crippen molar-refractivity contribution >= 4 is 23.6 Å². The number of aliphatic hydroxyl groups is 1. The van der Waals surface area contributed by atoms with Crippen molar-refractivity contribution in [1.82, 2.24) is 26.2 Å². The van der Waals surface area contributed by atoms with Crippen LogP contribution in [0.3, 0.4) is 0 Å². The zero-order chi connectivity index (χ0) is 29.9. The zero-order valence-corrected chi connectivity index (χ0v) is 23.7. The van der Waals surface area contributed by atoms with Crippen LogP contribution < -0.4 is 26.0 Å². The molecule has 0 spiro atoms. The van der Waals surface area contributed by atoms with Gasteiger partial charge in [0.15, 0.2) is 0 Å². The number of fused-ring (bicyclic) bond motifs is 1. The van der Waals surface area contributed by atoms with Crippen molar-refractivity contribution in [3.8, 4) is 5.75 Å².